The highest BCUT2D eigenvalue weighted by Gasteiger charge is 2.27. The van der Waals surface area contributed by atoms with Crippen molar-refractivity contribution in [3.05, 3.63) is 22.2 Å². The third-order valence-electron chi connectivity index (χ3n) is 2.71. The Morgan fingerprint density at radius 2 is 2.44 bits per heavy atom. The number of morpholine rings is 1. The summed E-state index contributed by atoms with van der Waals surface area (Å²) in [5, 5.41) is 20.0. The third kappa shape index (κ3) is 2.49. The highest BCUT2D eigenvalue weighted by molar-refractivity contribution is 5.61. The molecule has 1 atom stereocenters. The largest absolute Gasteiger partial charge is 0.394 e. The van der Waals surface area contributed by atoms with Gasteiger partial charge in [-0.05, 0) is 6.07 Å². The van der Waals surface area contributed by atoms with E-state index in [2.05, 4.69) is 4.98 Å². The zero-order chi connectivity index (χ0) is 13.1. The van der Waals surface area contributed by atoms with Crippen LogP contribution in [0.5, 0.6) is 0 Å². The lowest BCUT2D eigenvalue weighted by atomic mass is 10.2. The lowest BCUT2D eigenvalue weighted by Crippen LogP contribution is -2.44. The molecule has 0 amide bonds. The fourth-order valence-corrected chi connectivity index (χ4v) is 1.85. The van der Waals surface area contributed by atoms with Gasteiger partial charge in [0.2, 0.25) is 5.82 Å². The van der Waals surface area contributed by atoms with E-state index in [-0.39, 0.29) is 30.0 Å². The van der Waals surface area contributed by atoms with Crippen molar-refractivity contribution < 1.29 is 14.8 Å². The van der Waals surface area contributed by atoms with Gasteiger partial charge in [0.25, 0.3) is 0 Å². The van der Waals surface area contributed by atoms with Crippen LogP contribution in [-0.4, -0.2) is 47.4 Å². The number of nitro groups is 1. The first-order valence-corrected chi connectivity index (χ1v) is 5.50. The van der Waals surface area contributed by atoms with Gasteiger partial charge in [0.1, 0.15) is 5.82 Å². The first kappa shape index (κ1) is 12.5. The van der Waals surface area contributed by atoms with Crippen LogP contribution in [0.2, 0.25) is 0 Å². The number of rotatable bonds is 3. The van der Waals surface area contributed by atoms with Crippen molar-refractivity contribution in [3.8, 4) is 0 Å². The van der Waals surface area contributed by atoms with Gasteiger partial charge in [0.15, 0.2) is 0 Å². The number of aromatic nitrogens is 1. The van der Waals surface area contributed by atoms with Crippen molar-refractivity contribution in [2.24, 2.45) is 0 Å². The predicted molar refractivity (Wildman–Crippen MR) is 64.3 cm³/mol. The molecule has 0 spiro atoms. The fourth-order valence-electron chi connectivity index (χ4n) is 1.85. The Balaban J connectivity index is 2.31. The fraction of sp³-hybridized carbons (Fsp3) is 0.500. The summed E-state index contributed by atoms with van der Waals surface area (Å²) in [6.07, 6.45) is -0.360. The minimum Gasteiger partial charge on any atom is -0.394 e. The standard InChI is InChI=1S/C10H14N4O4/c11-9-2-1-8(14(16)17)10(12-9)13-3-4-18-7(5-13)6-15/h1-2,7,15H,3-6H2,(H2,11,12). The summed E-state index contributed by atoms with van der Waals surface area (Å²) in [5.74, 6) is 0.449. The average molecular weight is 254 g/mol. The molecule has 2 heterocycles. The van der Waals surface area contributed by atoms with Crippen LogP contribution in [0.1, 0.15) is 0 Å². The van der Waals surface area contributed by atoms with Crippen LogP contribution in [0.25, 0.3) is 0 Å². The monoisotopic (exact) mass is 254 g/mol. The van der Waals surface area contributed by atoms with Gasteiger partial charge in [0.05, 0.1) is 24.2 Å². The van der Waals surface area contributed by atoms with Crippen molar-refractivity contribution >= 4 is 17.3 Å². The van der Waals surface area contributed by atoms with E-state index >= 15 is 0 Å². The first-order valence-electron chi connectivity index (χ1n) is 5.50. The van der Waals surface area contributed by atoms with Gasteiger partial charge >= 0.3 is 5.69 Å². The average Bonchev–Trinajstić information content (AvgIpc) is 2.38. The van der Waals surface area contributed by atoms with Gasteiger partial charge in [-0.1, -0.05) is 0 Å². The Hall–Kier alpha value is -1.93. The van der Waals surface area contributed by atoms with E-state index in [0.717, 1.165) is 0 Å². The summed E-state index contributed by atoms with van der Waals surface area (Å²) in [5.41, 5.74) is 5.47. The Morgan fingerprint density at radius 3 is 3.11 bits per heavy atom. The summed E-state index contributed by atoms with van der Waals surface area (Å²) < 4.78 is 5.29. The molecule has 18 heavy (non-hydrogen) atoms. The van der Waals surface area contributed by atoms with Crippen LogP contribution in [0.3, 0.4) is 0 Å². The van der Waals surface area contributed by atoms with E-state index in [0.29, 0.717) is 19.7 Å². The zero-order valence-electron chi connectivity index (χ0n) is 9.65. The highest BCUT2D eigenvalue weighted by atomic mass is 16.6. The predicted octanol–water partition coefficient (Wildman–Crippen LogP) is -0.231. The Morgan fingerprint density at radius 1 is 1.67 bits per heavy atom. The van der Waals surface area contributed by atoms with Crippen molar-refractivity contribution in [1.29, 1.82) is 0 Å². The molecule has 0 aliphatic carbocycles. The Labute approximate surface area is 103 Å². The first-order chi connectivity index (χ1) is 8.61. The van der Waals surface area contributed by atoms with E-state index in [1.54, 1.807) is 4.90 Å². The van der Waals surface area contributed by atoms with Crippen LogP contribution in [0.4, 0.5) is 17.3 Å². The van der Waals surface area contributed by atoms with Gasteiger partial charge in [-0.25, -0.2) is 4.98 Å². The number of ether oxygens (including phenoxy) is 1. The van der Waals surface area contributed by atoms with Gasteiger partial charge in [-0.2, -0.15) is 0 Å². The summed E-state index contributed by atoms with van der Waals surface area (Å²) in [6.45, 7) is 1.09. The van der Waals surface area contributed by atoms with Crippen LogP contribution < -0.4 is 10.6 Å². The molecule has 1 unspecified atom stereocenters. The molecule has 1 saturated heterocycles. The molecular weight excluding hydrogens is 240 g/mol. The van der Waals surface area contributed by atoms with Gasteiger partial charge in [0, 0.05) is 19.2 Å². The van der Waals surface area contributed by atoms with Gasteiger partial charge < -0.3 is 20.5 Å². The molecule has 0 radical (unpaired) electrons. The molecule has 1 aromatic rings. The maximum absolute atomic E-state index is 10.9. The number of aliphatic hydroxyl groups excluding tert-OH is 1. The summed E-state index contributed by atoms with van der Waals surface area (Å²) in [4.78, 5) is 16.2. The van der Waals surface area contributed by atoms with Gasteiger partial charge in [-0.3, -0.25) is 10.1 Å². The minimum absolute atomic E-state index is 0.0946. The third-order valence-corrected chi connectivity index (χ3v) is 2.71. The van der Waals surface area contributed by atoms with E-state index in [1.165, 1.54) is 12.1 Å². The molecule has 1 aliphatic rings. The van der Waals surface area contributed by atoms with E-state index in [9.17, 15) is 10.1 Å². The van der Waals surface area contributed by atoms with Crippen LogP contribution >= 0.6 is 0 Å². The van der Waals surface area contributed by atoms with Crippen molar-refractivity contribution in [2.75, 3.05) is 36.9 Å². The second kappa shape index (κ2) is 5.15. The molecule has 0 aromatic carbocycles. The normalized spacial score (nSPS) is 19.8. The van der Waals surface area contributed by atoms with E-state index in [1.807, 2.05) is 0 Å². The van der Waals surface area contributed by atoms with Crippen molar-refractivity contribution in [1.82, 2.24) is 4.98 Å². The second-order valence-electron chi connectivity index (χ2n) is 3.96. The minimum atomic E-state index is -0.495. The summed E-state index contributed by atoms with van der Waals surface area (Å²) >= 11 is 0. The van der Waals surface area contributed by atoms with Crippen LogP contribution in [0.15, 0.2) is 12.1 Å². The molecule has 98 valence electrons. The quantitative estimate of drug-likeness (QED) is 0.565. The molecule has 1 fully saturated rings. The number of nitrogen functional groups attached to an aromatic ring is 1. The van der Waals surface area contributed by atoms with Crippen molar-refractivity contribution in [3.63, 3.8) is 0 Å². The SMILES string of the molecule is Nc1ccc([N+](=O)[O-])c(N2CCOC(CO)C2)n1. The molecule has 0 bridgehead atoms. The number of pyridine rings is 1. The Kier molecular flexibility index (Phi) is 3.58. The number of nitrogens with two attached hydrogens (primary N) is 1. The molecule has 1 aromatic heterocycles. The number of hydrogen-bond donors (Lipinski definition) is 2. The summed E-state index contributed by atoms with van der Waals surface area (Å²) in [6, 6.07) is 2.73. The maximum Gasteiger partial charge on any atom is 0.311 e. The topological polar surface area (TPSA) is 115 Å². The molecule has 2 rings (SSSR count). The van der Waals surface area contributed by atoms with Crippen molar-refractivity contribution in [2.45, 2.75) is 6.10 Å². The molecule has 1 aliphatic heterocycles. The van der Waals surface area contributed by atoms with Crippen LogP contribution in [-0.2, 0) is 4.74 Å². The van der Waals surface area contributed by atoms with Gasteiger partial charge in [-0.15, -0.1) is 0 Å². The second-order valence-corrected chi connectivity index (χ2v) is 3.96. The lowest BCUT2D eigenvalue weighted by molar-refractivity contribution is -0.384. The number of aliphatic hydroxyl groups is 1. The smallest absolute Gasteiger partial charge is 0.311 e. The molecule has 8 nitrogen and oxygen atoms in total. The molecule has 8 heteroatoms. The molecule has 0 saturated carbocycles. The molecular formula is C10H14N4O4. The highest BCUT2D eigenvalue weighted by Crippen LogP contribution is 2.28. The molecule has 3 N–H and O–H groups in total. The van der Waals surface area contributed by atoms with Crippen LogP contribution in [0, 0.1) is 10.1 Å². The number of hydrogen-bond acceptors (Lipinski definition) is 7. The lowest BCUT2D eigenvalue weighted by Gasteiger charge is -2.32. The Bertz CT molecular complexity index is 454. The van der Waals surface area contributed by atoms with E-state index in [4.69, 9.17) is 15.6 Å². The van der Waals surface area contributed by atoms with E-state index < -0.39 is 4.92 Å². The maximum atomic E-state index is 10.9. The number of nitrogens with zero attached hydrogens (tertiary/aromatic N) is 3. The number of anilines is 2. The summed E-state index contributed by atoms with van der Waals surface area (Å²) in [7, 11) is 0. The zero-order valence-corrected chi connectivity index (χ0v) is 9.65.